The molecule has 0 unspecified atom stereocenters. The predicted molar refractivity (Wildman–Crippen MR) is 125 cm³/mol. The Hall–Kier alpha value is -3.76. The van der Waals surface area contributed by atoms with Crippen LogP contribution >= 0.6 is 0 Å². The van der Waals surface area contributed by atoms with E-state index >= 15 is 0 Å². The maximum absolute atomic E-state index is 13.7. The van der Waals surface area contributed by atoms with Gasteiger partial charge in [-0.05, 0) is 36.1 Å². The van der Waals surface area contributed by atoms with Crippen LogP contribution < -0.4 is 15.2 Å². The zero-order valence-electron chi connectivity index (χ0n) is 19.3. The molecule has 0 saturated carbocycles. The third-order valence-corrected chi connectivity index (χ3v) is 6.36. The van der Waals surface area contributed by atoms with E-state index in [1.807, 2.05) is 43.4 Å². The molecule has 0 aromatic heterocycles. The van der Waals surface area contributed by atoms with E-state index in [0.717, 1.165) is 11.3 Å². The summed E-state index contributed by atoms with van der Waals surface area (Å²) in [7, 11) is 6.87. The van der Waals surface area contributed by atoms with Gasteiger partial charge in [0.2, 0.25) is 0 Å². The van der Waals surface area contributed by atoms with Gasteiger partial charge in [0.25, 0.3) is 0 Å². The molecule has 0 amide bonds. The second kappa shape index (κ2) is 9.00. The summed E-state index contributed by atoms with van der Waals surface area (Å²) in [5.41, 5.74) is 10.1. The van der Waals surface area contributed by atoms with Crippen molar-refractivity contribution in [2.24, 2.45) is 5.73 Å². The maximum Gasteiger partial charge on any atom is 0.162 e. The van der Waals surface area contributed by atoms with Crippen LogP contribution in [0.2, 0.25) is 0 Å². The first-order valence-corrected chi connectivity index (χ1v) is 10.8. The number of carbonyl (C=O) groups excluding carboxylic acids is 1. The minimum Gasteiger partial charge on any atom is -0.497 e. The number of Topliss-reactive ketones (excluding diaryl/α,β-unsaturated/α-hetero) is 1. The summed E-state index contributed by atoms with van der Waals surface area (Å²) in [5, 5.41) is 13.8. The first-order valence-electron chi connectivity index (χ1n) is 10.8. The Kier molecular flexibility index (Phi) is 6.12. The molecule has 0 spiro atoms. The Balaban J connectivity index is 1.95. The normalized spacial score (nSPS) is 20.6. The summed E-state index contributed by atoms with van der Waals surface area (Å²) in [6.07, 6.45) is 0.997. The molecule has 1 aliphatic heterocycles. The Morgan fingerprint density at radius 3 is 2.42 bits per heavy atom. The molecule has 2 aromatic carbocycles. The molecular formula is C26H28N4O3. The number of allylic oxidation sites excluding steroid dienone is 3. The highest BCUT2D eigenvalue weighted by atomic mass is 16.5. The van der Waals surface area contributed by atoms with Gasteiger partial charge in [0.15, 0.2) is 5.78 Å². The summed E-state index contributed by atoms with van der Waals surface area (Å²) in [4.78, 5) is 13.7. The van der Waals surface area contributed by atoms with Gasteiger partial charge in [0, 0.05) is 37.3 Å². The van der Waals surface area contributed by atoms with Crippen molar-refractivity contribution in [1.29, 1.82) is 5.26 Å². The lowest BCUT2D eigenvalue weighted by Gasteiger charge is -2.44. The van der Waals surface area contributed by atoms with Crippen LogP contribution in [0.25, 0.3) is 0 Å². The van der Waals surface area contributed by atoms with E-state index < -0.39 is 5.92 Å². The molecule has 4 rings (SSSR count). The lowest BCUT2D eigenvalue weighted by molar-refractivity contribution is -0.117. The molecule has 1 heterocycles. The van der Waals surface area contributed by atoms with Crippen LogP contribution in [0.15, 0.2) is 71.2 Å². The number of methoxy groups -OCH3 is 2. The fourth-order valence-electron chi connectivity index (χ4n) is 4.91. The van der Waals surface area contributed by atoms with Crippen LogP contribution in [0.3, 0.4) is 0 Å². The standard InChI is InChI=1S/C26H28N4O3/c1-29(2)30-21-12-17(16-8-6-5-7-9-16)13-22(31)25(21)24(20(15-27)26(30)28)19-14-18(32-3)10-11-23(19)33-4/h5-11,14,17,24H,12-13,28H2,1-4H3/t17-,24-/m0/s1. The quantitative estimate of drug-likeness (QED) is 0.752. The zero-order valence-corrected chi connectivity index (χ0v) is 19.3. The SMILES string of the molecule is COc1ccc(OC)c([C@H]2C(C#N)=C(N)N(N(C)C)C3=C2C(=O)C[C@@H](c2ccccc2)C3)c1. The lowest BCUT2D eigenvalue weighted by Crippen LogP contribution is -2.46. The van der Waals surface area contributed by atoms with Crippen molar-refractivity contribution >= 4 is 5.78 Å². The van der Waals surface area contributed by atoms with Gasteiger partial charge >= 0.3 is 0 Å². The molecule has 170 valence electrons. The van der Waals surface area contributed by atoms with E-state index in [1.165, 1.54) is 0 Å². The summed E-state index contributed by atoms with van der Waals surface area (Å²) in [6, 6.07) is 17.7. The van der Waals surface area contributed by atoms with Gasteiger partial charge in [0.1, 0.15) is 17.3 Å². The number of nitrogens with zero attached hydrogens (tertiary/aromatic N) is 3. The number of benzene rings is 2. The number of hydrogen-bond donors (Lipinski definition) is 1. The van der Waals surface area contributed by atoms with E-state index in [1.54, 1.807) is 31.4 Å². The smallest absolute Gasteiger partial charge is 0.162 e. The second-order valence-electron chi connectivity index (χ2n) is 8.41. The molecule has 7 heteroatoms. The molecule has 2 N–H and O–H groups in total. The van der Waals surface area contributed by atoms with Gasteiger partial charge in [-0.25, -0.2) is 5.01 Å². The summed E-state index contributed by atoms with van der Waals surface area (Å²) in [5.74, 6) is 0.915. The van der Waals surface area contributed by atoms with Crippen LogP contribution in [0.5, 0.6) is 11.5 Å². The molecule has 0 radical (unpaired) electrons. The first kappa shape index (κ1) is 22.4. The fourth-order valence-corrected chi connectivity index (χ4v) is 4.91. The fraction of sp³-hybridized carbons (Fsp3) is 0.308. The molecule has 7 nitrogen and oxygen atoms in total. The number of rotatable bonds is 5. The van der Waals surface area contributed by atoms with Gasteiger partial charge in [0.05, 0.1) is 31.8 Å². The Bertz CT molecular complexity index is 1180. The summed E-state index contributed by atoms with van der Waals surface area (Å²) < 4.78 is 11.1. The average Bonchev–Trinajstić information content (AvgIpc) is 2.82. The second-order valence-corrected chi connectivity index (χ2v) is 8.41. The van der Waals surface area contributed by atoms with Crippen molar-refractivity contribution in [3.05, 3.63) is 82.3 Å². The Morgan fingerprint density at radius 2 is 1.82 bits per heavy atom. The molecule has 1 aliphatic carbocycles. The van der Waals surface area contributed by atoms with E-state index in [-0.39, 0.29) is 11.7 Å². The van der Waals surface area contributed by atoms with Crippen molar-refractivity contribution in [2.75, 3.05) is 28.3 Å². The summed E-state index contributed by atoms with van der Waals surface area (Å²) in [6.45, 7) is 0. The zero-order chi connectivity index (χ0) is 23.7. The molecule has 33 heavy (non-hydrogen) atoms. The molecule has 0 saturated heterocycles. The van der Waals surface area contributed by atoms with Crippen molar-refractivity contribution in [3.63, 3.8) is 0 Å². The van der Waals surface area contributed by atoms with Crippen molar-refractivity contribution in [2.45, 2.75) is 24.7 Å². The highest BCUT2D eigenvalue weighted by molar-refractivity contribution is 6.00. The number of hydrazine groups is 1. The van der Waals surface area contributed by atoms with E-state index in [9.17, 15) is 10.1 Å². The lowest BCUT2D eigenvalue weighted by atomic mass is 9.72. The minimum atomic E-state index is -0.629. The summed E-state index contributed by atoms with van der Waals surface area (Å²) >= 11 is 0. The van der Waals surface area contributed by atoms with Gasteiger partial charge in [-0.1, -0.05) is 30.3 Å². The molecule has 0 fully saturated rings. The largest absolute Gasteiger partial charge is 0.497 e. The van der Waals surface area contributed by atoms with Gasteiger partial charge < -0.3 is 15.2 Å². The topological polar surface area (TPSA) is 91.8 Å². The highest BCUT2D eigenvalue weighted by Gasteiger charge is 2.44. The molecule has 2 aliphatic rings. The van der Waals surface area contributed by atoms with Gasteiger partial charge in [-0.3, -0.25) is 9.80 Å². The number of nitrogens with two attached hydrogens (primary N) is 1. The maximum atomic E-state index is 13.7. The Labute approximate surface area is 194 Å². The Morgan fingerprint density at radius 1 is 1.09 bits per heavy atom. The third kappa shape index (κ3) is 3.83. The minimum absolute atomic E-state index is 0.00655. The van der Waals surface area contributed by atoms with Crippen molar-refractivity contribution in [3.8, 4) is 17.6 Å². The van der Waals surface area contributed by atoms with Crippen LogP contribution in [0, 0.1) is 11.3 Å². The van der Waals surface area contributed by atoms with Gasteiger partial charge in [-0.2, -0.15) is 5.26 Å². The highest BCUT2D eigenvalue weighted by Crippen LogP contribution is 2.50. The van der Waals surface area contributed by atoms with Crippen molar-refractivity contribution < 1.29 is 14.3 Å². The molecule has 2 aromatic rings. The number of nitriles is 1. The number of hydrogen-bond acceptors (Lipinski definition) is 7. The third-order valence-electron chi connectivity index (χ3n) is 6.36. The van der Waals surface area contributed by atoms with E-state index in [4.69, 9.17) is 15.2 Å². The number of carbonyl (C=O) groups is 1. The average molecular weight is 445 g/mol. The molecule has 0 bridgehead atoms. The van der Waals surface area contributed by atoms with Gasteiger partial charge in [-0.15, -0.1) is 0 Å². The monoisotopic (exact) mass is 444 g/mol. The van der Waals surface area contributed by atoms with Crippen LogP contribution in [-0.2, 0) is 4.79 Å². The van der Waals surface area contributed by atoms with Crippen molar-refractivity contribution in [1.82, 2.24) is 10.0 Å². The van der Waals surface area contributed by atoms with Crippen LogP contribution in [0.1, 0.15) is 35.8 Å². The first-order chi connectivity index (χ1) is 15.9. The van der Waals surface area contributed by atoms with E-state index in [2.05, 4.69) is 18.2 Å². The van der Waals surface area contributed by atoms with Crippen LogP contribution in [0.4, 0.5) is 0 Å². The molecule has 2 atom stereocenters. The van der Waals surface area contributed by atoms with Crippen LogP contribution in [-0.4, -0.2) is 44.1 Å². The predicted octanol–water partition coefficient (Wildman–Crippen LogP) is 3.67. The molecular weight excluding hydrogens is 416 g/mol. The number of ether oxygens (including phenoxy) is 2. The van der Waals surface area contributed by atoms with E-state index in [0.29, 0.717) is 46.9 Å². The number of ketones is 1.